The minimum absolute atomic E-state index is 0.0133. The number of carbonyl (C=O) groups excluding carboxylic acids is 2. The second-order valence-electron chi connectivity index (χ2n) is 5.07. The maximum atomic E-state index is 12.1. The molecule has 1 fully saturated rings. The van der Waals surface area contributed by atoms with Gasteiger partial charge < -0.3 is 20.5 Å². The number of carbonyl (C=O) groups is 2. The van der Waals surface area contributed by atoms with Crippen molar-refractivity contribution in [1.82, 2.24) is 14.8 Å². The van der Waals surface area contributed by atoms with E-state index in [2.05, 4.69) is 5.32 Å². The van der Waals surface area contributed by atoms with Crippen LogP contribution in [0.15, 0.2) is 12.3 Å². The molecule has 0 atom stereocenters. The molecule has 0 bridgehead atoms. The Morgan fingerprint density at radius 3 is 2.65 bits per heavy atom. The van der Waals surface area contributed by atoms with Crippen LogP contribution in [0.2, 0.25) is 0 Å². The number of rotatable bonds is 4. The minimum atomic E-state index is -0.256. The second kappa shape index (κ2) is 6.45. The molecular formula is C14H22N4O2. The summed E-state index contributed by atoms with van der Waals surface area (Å²) >= 11 is 0. The lowest BCUT2D eigenvalue weighted by Crippen LogP contribution is -2.42. The standard InChI is InChI=1S/C14H22N4O2/c1-2-17-10-11(15)8-12(17)14(20)16-9-13(19)18-6-4-3-5-7-18/h8,10H,2-7,9,15H2,1H3,(H,16,20). The maximum Gasteiger partial charge on any atom is 0.268 e. The van der Waals surface area contributed by atoms with Crippen LogP contribution in [0.4, 0.5) is 5.69 Å². The highest BCUT2D eigenvalue weighted by molar-refractivity contribution is 5.96. The fourth-order valence-corrected chi connectivity index (χ4v) is 2.49. The minimum Gasteiger partial charge on any atom is -0.397 e. The molecule has 1 aliphatic heterocycles. The van der Waals surface area contributed by atoms with Gasteiger partial charge in [0, 0.05) is 25.8 Å². The average Bonchev–Trinajstić information content (AvgIpc) is 2.86. The topological polar surface area (TPSA) is 80.4 Å². The quantitative estimate of drug-likeness (QED) is 0.856. The van der Waals surface area contributed by atoms with E-state index in [0.717, 1.165) is 25.9 Å². The predicted octanol–water partition coefficient (Wildman–Crippen LogP) is 0.832. The van der Waals surface area contributed by atoms with Crippen molar-refractivity contribution in [2.45, 2.75) is 32.7 Å². The smallest absolute Gasteiger partial charge is 0.268 e. The zero-order valence-corrected chi connectivity index (χ0v) is 11.9. The van der Waals surface area contributed by atoms with Crippen LogP contribution in [0.3, 0.4) is 0 Å². The van der Waals surface area contributed by atoms with E-state index < -0.39 is 0 Å². The lowest BCUT2D eigenvalue weighted by atomic mass is 10.1. The number of hydrogen-bond donors (Lipinski definition) is 2. The molecule has 110 valence electrons. The molecule has 3 N–H and O–H groups in total. The Bertz CT molecular complexity index is 489. The van der Waals surface area contributed by atoms with Gasteiger partial charge in [-0.1, -0.05) is 0 Å². The van der Waals surface area contributed by atoms with E-state index in [0.29, 0.717) is 17.9 Å². The van der Waals surface area contributed by atoms with Gasteiger partial charge in [0.15, 0.2) is 0 Å². The Balaban J connectivity index is 1.89. The van der Waals surface area contributed by atoms with Crippen LogP contribution >= 0.6 is 0 Å². The summed E-state index contributed by atoms with van der Waals surface area (Å²) in [4.78, 5) is 25.9. The molecule has 0 saturated carbocycles. The van der Waals surface area contributed by atoms with E-state index in [4.69, 9.17) is 5.73 Å². The lowest BCUT2D eigenvalue weighted by molar-refractivity contribution is -0.130. The van der Waals surface area contributed by atoms with E-state index in [-0.39, 0.29) is 18.4 Å². The first-order valence-corrected chi connectivity index (χ1v) is 7.13. The Kier molecular flexibility index (Phi) is 4.65. The molecule has 1 aliphatic rings. The third-order valence-electron chi connectivity index (χ3n) is 3.60. The Hall–Kier alpha value is -1.98. The molecule has 2 amide bonds. The molecule has 1 saturated heterocycles. The summed E-state index contributed by atoms with van der Waals surface area (Å²) in [5, 5.41) is 2.68. The number of nitrogens with two attached hydrogens (primary N) is 1. The van der Waals surface area contributed by atoms with Crippen LogP contribution in [0.5, 0.6) is 0 Å². The molecule has 0 spiro atoms. The summed E-state index contributed by atoms with van der Waals surface area (Å²) in [7, 11) is 0. The van der Waals surface area contributed by atoms with E-state index in [9.17, 15) is 9.59 Å². The number of aryl methyl sites for hydroxylation is 1. The SMILES string of the molecule is CCn1cc(N)cc1C(=O)NCC(=O)N1CCCCC1. The molecule has 6 nitrogen and oxygen atoms in total. The van der Waals surface area contributed by atoms with Gasteiger partial charge in [0.05, 0.1) is 12.2 Å². The third-order valence-corrected chi connectivity index (χ3v) is 3.60. The first kappa shape index (κ1) is 14.4. The van der Waals surface area contributed by atoms with Crippen LogP contribution < -0.4 is 11.1 Å². The first-order valence-electron chi connectivity index (χ1n) is 7.13. The van der Waals surface area contributed by atoms with E-state index >= 15 is 0 Å². The van der Waals surface area contributed by atoms with Crippen molar-refractivity contribution < 1.29 is 9.59 Å². The Morgan fingerprint density at radius 2 is 2.00 bits per heavy atom. The van der Waals surface area contributed by atoms with Gasteiger partial charge in [0.25, 0.3) is 5.91 Å². The van der Waals surface area contributed by atoms with Gasteiger partial charge in [0.1, 0.15) is 5.69 Å². The largest absolute Gasteiger partial charge is 0.397 e. The van der Waals surface area contributed by atoms with Crippen molar-refractivity contribution in [3.63, 3.8) is 0 Å². The maximum absolute atomic E-state index is 12.1. The zero-order chi connectivity index (χ0) is 14.5. The highest BCUT2D eigenvalue weighted by Crippen LogP contribution is 2.11. The van der Waals surface area contributed by atoms with Gasteiger partial charge in [-0.15, -0.1) is 0 Å². The molecule has 2 rings (SSSR count). The number of amides is 2. The third kappa shape index (κ3) is 3.31. The molecule has 1 aromatic heterocycles. The van der Waals surface area contributed by atoms with Gasteiger partial charge in [0.2, 0.25) is 5.91 Å². The number of nitrogens with one attached hydrogen (secondary N) is 1. The van der Waals surface area contributed by atoms with Crippen LogP contribution in [0.1, 0.15) is 36.7 Å². The van der Waals surface area contributed by atoms with Crippen molar-refractivity contribution in [1.29, 1.82) is 0 Å². The van der Waals surface area contributed by atoms with Gasteiger partial charge in [-0.2, -0.15) is 0 Å². The molecule has 20 heavy (non-hydrogen) atoms. The fourth-order valence-electron chi connectivity index (χ4n) is 2.49. The average molecular weight is 278 g/mol. The number of aromatic nitrogens is 1. The summed E-state index contributed by atoms with van der Waals surface area (Å²) in [6.45, 7) is 4.25. The summed E-state index contributed by atoms with van der Waals surface area (Å²) in [6.07, 6.45) is 5.00. The van der Waals surface area contributed by atoms with Crippen LogP contribution in [0.25, 0.3) is 0 Å². The number of hydrogen-bond acceptors (Lipinski definition) is 3. The monoisotopic (exact) mass is 278 g/mol. The molecule has 1 aromatic rings. The number of piperidine rings is 1. The fraction of sp³-hybridized carbons (Fsp3) is 0.571. The van der Waals surface area contributed by atoms with Gasteiger partial charge in [-0.3, -0.25) is 9.59 Å². The molecule has 0 aromatic carbocycles. The predicted molar refractivity (Wildman–Crippen MR) is 77.3 cm³/mol. The van der Waals surface area contributed by atoms with Crippen molar-refractivity contribution in [3.8, 4) is 0 Å². The van der Waals surface area contributed by atoms with E-state index in [1.54, 1.807) is 16.8 Å². The summed E-state index contributed by atoms with van der Waals surface area (Å²) in [6, 6.07) is 1.63. The van der Waals surface area contributed by atoms with Gasteiger partial charge in [-0.05, 0) is 32.3 Å². The van der Waals surface area contributed by atoms with Gasteiger partial charge >= 0.3 is 0 Å². The normalized spacial score (nSPS) is 15.2. The van der Waals surface area contributed by atoms with E-state index in [1.807, 2.05) is 11.8 Å². The number of nitrogens with zero attached hydrogens (tertiary/aromatic N) is 2. The van der Waals surface area contributed by atoms with Crippen molar-refractivity contribution in [2.75, 3.05) is 25.4 Å². The van der Waals surface area contributed by atoms with E-state index in [1.165, 1.54) is 6.42 Å². The molecule has 0 radical (unpaired) electrons. The summed E-state index contributed by atoms with van der Waals surface area (Å²) in [5.74, 6) is -0.269. The number of anilines is 1. The highest BCUT2D eigenvalue weighted by Gasteiger charge is 2.18. The number of likely N-dealkylation sites (tertiary alicyclic amines) is 1. The molecule has 6 heteroatoms. The Morgan fingerprint density at radius 1 is 1.30 bits per heavy atom. The van der Waals surface area contributed by atoms with Gasteiger partial charge in [-0.25, -0.2) is 0 Å². The van der Waals surface area contributed by atoms with Crippen LogP contribution in [0, 0.1) is 0 Å². The zero-order valence-electron chi connectivity index (χ0n) is 11.9. The van der Waals surface area contributed by atoms with Crippen LogP contribution in [-0.4, -0.2) is 40.9 Å². The molecular weight excluding hydrogens is 256 g/mol. The molecule has 2 heterocycles. The molecule has 0 unspecified atom stereocenters. The lowest BCUT2D eigenvalue weighted by Gasteiger charge is -2.26. The number of nitrogen functional groups attached to an aromatic ring is 1. The second-order valence-corrected chi connectivity index (χ2v) is 5.07. The first-order chi connectivity index (χ1) is 9.61. The summed E-state index contributed by atoms with van der Waals surface area (Å²) in [5.41, 5.74) is 6.74. The van der Waals surface area contributed by atoms with Crippen molar-refractivity contribution in [2.24, 2.45) is 0 Å². The van der Waals surface area contributed by atoms with Crippen molar-refractivity contribution in [3.05, 3.63) is 18.0 Å². The van der Waals surface area contributed by atoms with Crippen molar-refractivity contribution >= 4 is 17.5 Å². The van der Waals surface area contributed by atoms with Crippen LogP contribution in [-0.2, 0) is 11.3 Å². The Labute approximate surface area is 118 Å². The summed E-state index contributed by atoms with van der Waals surface area (Å²) < 4.78 is 1.77. The molecule has 0 aliphatic carbocycles. The highest BCUT2D eigenvalue weighted by atomic mass is 16.2.